The third-order valence-corrected chi connectivity index (χ3v) is 4.58. The highest BCUT2D eigenvalue weighted by atomic mass is 35.5. The van der Waals surface area contributed by atoms with E-state index >= 15 is 0 Å². The van der Waals surface area contributed by atoms with Crippen molar-refractivity contribution in [2.24, 2.45) is 7.05 Å². The molecule has 0 fully saturated rings. The van der Waals surface area contributed by atoms with Crippen LogP contribution in [0.4, 0.5) is 5.69 Å². The van der Waals surface area contributed by atoms with Gasteiger partial charge in [0.2, 0.25) is 6.10 Å². The molecule has 1 amide bonds. The van der Waals surface area contributed by atoms with E-state index < -0.39 is 18.0 Å². The predicted molar refractivity (Wildman–Crippen MR) is 109 cm³/mol. The van der Waals surface area contributed by atoms with Crippen molar-refractivity contribution in [3.8, 4) is 0 Å². The standard InChI is InChI=1S/C21H18ClN3O4/c1-13-8-9-15(12-16(13)22)23-20(27)19(14-6-4-3-5-7-14)29-21(28)17-10-11-18(26)25(2)24-17/h3-12,19H,1-2H3,(H,23,27). The quantitative estimate of drug-likeness (QED) is 0.650. The second kappa shape index (κ2) is 8.70. The van der Waals surface area contributed by atoms with Crippen molar-refractivity contribution in [1.82, 2.24) is 9.78 Å². The van der Waals surface area contributed by atoms with E-state index in [-0.39, 0.29) is 11.3 Å². The van der Waals surface area contributed by atoms with Gasteiger partial charge in [-0.2, -0.15) is 5.10 Å². The minimum Gasteiger partial charge on any atom is -0.442 e. The molecule has 1 atom stereocenters. The first-order valence-electron chi connectivity index (χ1n) is 8.72. The summed E-state index contributed by atoms with van der Waals surface area (Å²) < 4.78 is 6.46. The fourth-order valence-corrected chi connectivity index (χ4v) is 2.74. The van der Waals surface area contributed by atoms with Crippen LogP contribution in [-0.4, -0.2) is 21.7 Å². The van der Waals surface area contributed by atoms with Crippen LogP contribution in [0.5, 0.6) is 0 Å². The first-order valence-corrected chi connectivity index (χ1v) is 9.10. The maximum atomic E-state index is 12.9. The van der Waals surface area contributed by atoms with Gasteiger partial charge in [-0.15, -0.1) is 0 Å². The van der Waals surface area contributed by atoms with Gasteiger partial charge in [0.1, 0.15) is 0 Å². The third-order valence-electron chi connectivity index (χ3n) is 4.17. The minimum absolute atomic E-state index is 0.0841. The molecule has 0 aliphatic heterocycles. The van der Waals surface area contributed by atoms with Crippen LogP contribution in [0.2, 0.25) is 5.02 Å². The molecule has 29 heavy (non-hydrogen) atoms. The normalized spacial score (nSPS) is 11.6. The first kappa shape index (κ1) is 20.3. The predicted octanol–water partition coefficient (Wildman–Crippen LogP) is 3.28. The molecule has 3 rings (SSSR count). The summed E-state index contributed by atoms with van der Waals surface area (Å²) in [5, 5.41) is 7.08. The summed E-state index contributed by atoms with van der Waals surface area (Å²) in [6, 6.07) is 16.2. The molecule has 1 heterocycles. The van der Waals surface area contributed by atoms with Gasteiger partial charge in [-0.3, -0.25) is 9.59 Å². The molecule has 148 valence electrons. The monoisotopic (exact) mass is 411 g/mol. The Balaban J connectivity index is 1.87. The van der Waals surface area contributed by atoms with Gasteiger partial charge >= 0.3 is 5.97 Å². The van der Waals surface area contributed by atoms with E-state index in [1.54, 1.807) is 48.5 Å². The lowest BCUT2D eigenvalue weighted by molar-refractivity contribution is -0.125. The van der Waals surface area contributed by atoms with Crippen LogP contribution in [0, 0.1) is 6.92 Å². The number of halogens is 1. The zero-order chi connectivity index (χ0) is 21.0. The summed E-state index contributed by atoms with van der Waals surface area (Å²) in [6.45, 7) is 1.85. The van der Waals surface area contributed by atoms with Crippen LogP contribution in [0.1, 0.15) is 27.7 Å². The van der Waals surface area contributed by atoms with Gasteiger partial charge in [0.15, 0.2) is 5.69 Å². The van der Waals surface area contributed by atoms with E-state index in [0.717, 1.165) is 10.2 Å². The Morgan fingerprint density at radius 1 is 1.10 bits per heavy atom. The van der Waals surface area contributed by atoms with Crippen molar-refractivity contribution >= 4 is 29.2 Å². The molecule has 8 heteroatoms. The van der Waals surface area contributed by atoms with Crippen molar-refractivity contribution in [3.63, 3.8) is 0 Å². The summed E-state index contributed by atoms with van der Waals surface area (Å²) in [7, 11) is 1.42. The van der Waals surface area contributed by atoms with Crippen LogP contribution >= 0.6 is 11.6 Å². The number of nitrogens with one attached hydrogen (secondary N) is 1. The number of anilines is 1. The number of aryl methyl sites for hydroxylation is 2. The number of hydrogen-bond acceptors (Lipinski definition) is 5. The molecule has 0 aliphatic carbocycles. The second-order valence-electron chi connectivity index (χ2n) is 6.33. The topological polar surface area (TPSA) is 90.3 Å². The zero-order valence-corrected chi connectivity index (χ0v) is 16.5. The van der Waals surface area contributed by atoms with E-state index in [0.29, 0.717) is 16.3 Å². The molecule has 2 aromatic carbocycles. The highest BCUT2D eigenvalue weighted by Crippen LogP contribution is 2.24. The molecule has 0 saturated carbocycles. The maximum Gasteiger partial charge on any atom is 0.359 e. The lowest BCUT2D eigenvalue weighted by Gasteiger charge is -2.18. The Bertz CT molecular complexity index is 1110. The van der Waals surface area contributed by atoms with Crippen molar-refractivity contribution in [3.05, 3.63) is 92.9 Å². The van der Waals surface area contributed by atoms with Gasteiger partial charge in [-0.1, -0.05) is 48.0 Å². The number of hydrogen-bond donors (Lipinski definition) is 1. The molecule has 0 bridgehead atoms. The minimum atomic E-state index is -1.22. The number of nitrogens with zero attached hydrogens (tertiary/aromatic N) is 2. The number of amides is 1. The lowest BCUT2D eigenvalue weighted by atomic mass is 10.1. The van der Waals surface area contributed by atoms with Crippen molar-refractivity contribution in [2.45, 2.75) is 13.0 Å². The highest BCUT2D eigenvalue weighted by Gasteiger charge is 2.26. The van der Waals surface area contributed by atoms with Gasteiger partial charge < -0.3 is 10.1 Å². The molecule has 7 nitrogen and oxygen atoms in total. The SMILES string of the molecule is Cc1ccc(NC(=O)C(OC(=O)c2ccc(=O)n(C)n2)c2ccccc2)cc1Cl. The van der Waals surface area contributed by atoms with Crippen LogP contribution in [-0.2, 0) is 16.6 Å². The molecule has 1 N–H and O–H groups in total. The summed E-state index contributed by atoms with van der Waals surface area (Å²) in [6.07, 6.45) is -1.22. The van der Waals surface area contributed by atoms with Crippen LogP contribution in [0.15, 0.2) is 65.5 Å². The third kappa shape index (κ3) is 4.89. The van der Waals surface area contributed by atoms with Crippen LogP contribution in [0.3, 0.4) is 0 Å². The van der Waals surface area contributed by atoms with E-state index in [1.807, 2.05) is 6.92 Å². The van der Waals surface area contributed by atoms with Gasteiger partial charge in [0, 0.05) is 29.4 Å². The number of carbonyl (C=O) groups excluding carboxylic acids is 2. The number of aromatic nitrogens is 2. The Kier molecular flexibility index (Phi) is 6.09. The summed E-state index contributed by atoms with van der Waals surface area (Å²) in [5.41, 5.74) is 1.38. The van der Waals surface area contributed by atoms with Gasteiger partial charge in [0.25, 0.3) is 11.5 Å². The first-order chi connectivity index (χ1) is 13.8. The Hall–Kier alpha value is -3.45. The summed E-state index contributed by atoms with van der Waals surface area (Å²) in [4.78, 5) is 36.9. The van der Waals surface area contributed by atoms with Gasteiger partial charge in [-0.25, -0.2) is 9.48 Å². The molecule has 3 aromatic rings. The molecule has 0 saturated heterocycles. The second-order valence-corrected chi connectivity index (χ2v) is 6.74. The Morgan fingerprint density at radius 3 is 2.48 bits per heavy atom. The molecule has 1 unspecified atom stereocenters. The largest absolute Gasteiger partial charge is 0.442 e. The fraction of sp³-hybridized carbons (Fsp3) is 0.143. The lowest BCUT2D eigenvalue weighted by Crippen LogP contribution is -2.27. The molecule has 1 aromatic heterocycles. The summed E-state index contributed by atoms with van der Waals surface area (Å²) in [5.74, 6) is -1.37. The van der Waals surface area contributed by atoms with Gasteiger partial charge in [-0.05, 0) is 30.7 Å². The summed E-state index contributed by atoms with van der Waals surface area (Å²) >= 11 is 6.11. The van der Waals surface area contributed by atoms with Gasteiger partial charge in [0.05, 0.1) is 0 Å². The van der Waals surface area contributed by atoms with Crippen molar-refractivity contribution in [2.75, 3.05) is 5.32 Å². The van der Waals surface area contributed by atoms with E-state index in [2.05, 4.69) is 10.4 Å². The van der Waals surface area contributed by atoms with Crippen LogP contribution in [0.25, 0.3) is 0 Å². The molecule has 0 spiro atoms. The van der Waals surface area contributed by atoms with Crippen molar-refractivity contribution < 1.29 is 14.3 Å². The van der Waals surface area contributed by atoms with E-state index in [1.165, 1.54) is 19.2 Å². The molecule has 0 radical (unpaired) electrons. The molecule has 0 aliphatic rings. The zero-order valence-electron chi connectivity index (χ0n) is 15.8. The van der Waals surface area contributed by atoms with Crippen LogP contribution < -0.4 is 10.9 Å². The number of benzene rings is 2. The van der Waals surface area contributed by atoms with E-state index in [4.69, 9.17) is 16.3 Å². The molecular formula is C21H18ClN3O4. The Labute approximate surface area is 171 Å². The van der Waals surface area contributed by atoms with E-state index in [9.17, 15) is 14.4 Å². The van der Waals surface area contributed by atoms with Crippen molar-refractivity contribution in [1.29, 1.82) is 0 Å². The fourth-order valence-electron chi connectivity index (χ4n) is 2.56. The maximum absolute atomic E-state index is 12.9. The number of ether oxygens (including phenoxy) is 1. The number of rotatable bonds is 5. The average Bonchev–Trinajstić information content (AvgIpc) is 2.71. The molecular weight excluding hydrogens is 394 g/mol. The Morgan fingerprint density at radius 2 is 1.83 bits per heavy atom. The number of esters is 1. The number of carbonyl (C=O) groups is 2. The highest BCUT2D eigenvalue weighted by molar-refractivity contribution is 6.31. The smallest absolute Gasteiger partial charge is 0.359 e. The average molecular weight is 412 g/mol.